The largest absolute Gasteiger partial charge is 0.378 e. The van der Waals surface area contributed by atoms with Crippen molar-refractivity contribution in [1.82, 2.24) is 15.1 Å². The second-order valence-electron chi connectivity index (χ2n) is 6.32. The van der Waals surface area contributed by atoms with Gasteiger partial charge in [-0.15, -0.1) is 0 Å². The summed E-state index contributed by atoms with van der Waals surface area (Å²) < 4.78 is 7.61. The zero-order valence-electron chi connectivity index (χ0n) is 13.2. The Morgan fingerprint density at radius 2 is 2.25 bits per heavy atom. The van der Waals surface area contributed by atoms with Crippen molar-refractivity contribution in [3.8, 4) is 0 Å². The van der Waals surface area contributed by atoms with Crippen LogP contribution in [0.4, 0.5) is 0 Å². The number of hydrogen-bond donors (Lipinski definition) is 1. The summed E-state index contributed by atoms with van der Waals surface area (Å²) in [5, 5.41) is 8.76. The number of aromatic nitrogens is 2. The fourth-order valence-corrected chi connectivity index (χ4v) is 3.22. The molecule has 1 aliphatic heterocycles. The highest BCUT2D eigenvalue weighted by Gasteiger charge is 2.42. The summed E-state index contributed by atoms with van der Waals surface area (Å²) in [7, 11) is 1.90. The van der Waals surface area contributed by atoms with Crippen LogP contribution in [0.15, 0.2) is 0 Å². The summed E-state index contributed by atoms with van der Waals surface area (Å²) in [5.41, 5.74) is 2.31. The van der Waals surface area contributed by atoms with E-state index in [1.54, 1.807) is 4.68 Å². The Kier molecular flexibility index (Phi) is 4.77. The molecular formula is C15H26ClN3O. The van der Waals surface area contributed by atoms with Crippen molar-refractivity contribution in [2.24, 2.45) is 12.5 Å². The van der Waals surface area contributed by atoms with E-state index in [1.807, 2.05) is 14.0 Å². The molecule has 1 N–H and O–H groups in total. The Bertz CT molecular complexity index is 472. The third kappa shape index (κ3) is 3.02. The predicted molar refractivity (Wildman–Crippen MR) is 82.3 cm³/mol. The maximum atomic E-state index is 6.40. The predicted octanol–water partition coefficient (Wildman–Crippen LogP) is 2.72. The molecule has 2 rings (SSSR count). The van der Waals surface area contributed by atoms with E-state index < -0.39 is 0 Å². The minimum Gasteiger partial charge on any atom is -0.378 e. The van der Waals surface area contributed by atoms with E-state index in [2.05, 4.69) is 31.2 Å². The molecule has 0 aliphatic carbocycles. The Morgan fingerprint density at radius 3 is 2.70 bits per heavy atom. The molecular weight excluding hydrogens is 274 g/mol. The highest BCUT2D eigenvalue weighted by molar-refractivity contribution is 6.30. The lowest BCUT2D eigenvalue weighted by Crippen LogP contribution is -2.43. The molecule has 20 heavy (non-hydrogen) atoms. The third-order valence-electron chi connectivity index (χ3n) is 4.49. The van der Waals surface area contributed by atoms with Crippen molar-refractivity contribution in [3.63, 3.8) is 0 Å². The van der Waals surface area contributed by atoms with Crippen LogP contribution < -0.4 is 5.32 Å². The van der Waals surface area contributed by atoms with Crippen LogP contribution >= 0.6 is 11.6 Å². The Balaban J connectivity index is 2.24. The monoisotopic (exact) mass is 299 g/mol. The molecule has 1 aromatic heterocycles. The zero-order valence-corrected chi connectivity index (χ0v) is 13.9. The van der Waals surface area contributed by atoms with E-state index in [4.69, 9.17) is 16.3 Å². The molecule has 0 saturated carbocycles. The molecule has 0 bridgehead atoms. The lowest BCUT2D eigenvalue weighted by atomic mass is 9.76. The number of aryl methyl sites for hydroxylation is 2. The van der Waals surface area contributed by atoms with E-state index in [0.717, 1.165) is 42.4 Å². The molecule has 2 atom stereocenters. The Hall–Kier alpha value is -0.580. The summed E-state index contributed by atoms with van der Waals surface area (Å²) in [6.45, 7) is 10.3. The number of nitrogens with zero attached hydrogens (tertiary/aromatic N) is 2. The van der Waals surface area contributed by atoms with Gasteiger partial charge >= 0.3 is 0 Å². The number of nitrogens with one attached hydrogen (secondary N) is 1. The Morgan fingerprint density at radius 1 is 1.55 bits per heavy atom. The van der Waals surface area contributed by atoms with Gasteiger partial charge in [-0.1, -0.05) is 25.4 Å². The van der Waals surface area contributed by atoms with Gasteiger partial charge in [-0.25, -0.2) is 0 Å². The SMILES string of the molecule is Cc1nn(C)c(Cl)c1CC1(CNC(C)C)CCOC1C. The minimum atomic E-state index is 0.113. The van der Waals surface area contributed by atoms with E-state index in [1.165, 1.54) is 0 Å². The zero-order chi connectivity index (χ0) is 14.9. The first-order valence-electron chi connectivity index (χ1n) is 7.38. The average molecular weight is 300 g/mol. The first-order valence-corrected chi connectivity index (χ1v) is 7.76. The maximum absolute atomic E-state index is 6.40. The minimum absolute atomic E-state index is 0.113. The molecule has 2 heterocycles. The van der Waals surface area contributed by atoms with Gasteiger partial charge in [0.05, 0.1) is 11.8 Å². The van der Waals surface area contributed by atoms with E-state index >= 15 is 0 Å². The number of hydrogen-bond acceptors (Lipinski definition) is 3. The lowest BCUT2D eigenvalue weighted by molar-refractivity contribution is 0.0620. The number of ether oxygens (including phenoxy) is 1. The number of halogens is 1. The van der Waals surface area contributed by atoms with Gasteiger partial charge in [0.2, 0.25) is 0 Å². The smallest absolute Gasteiger partial charge is 0.130 e. The van der Waals surface area contributed by atoms with Crippen LogP contribution in [0.3, 0.4) is 0 Å². The fraction of sp³-hybridized carbons (Fsp3) is 0.800. The molecule has 0 amide bonds. The second-order valence-corrected chi connectivity index (χ2v) is 6.67. The van der Waals surface area contributed by atoms with Gasteiger partial charge < -0.3 is 10.1 Å². The van der Waals surface area contributed by atoms with Gasteiger partial charge in [-0.3, -0.25) is 4.68 Å². The quantitative estimate of drug-likeness (QED) is 0.908. The average Bonchev–Trinajstić information content (AvgIpc) is 2.84. The molecule has 0 aromatic carbocycles. The summed E-state index contributed by atoms with van der Waals surface area (Å²) in [5.74, 6) is 0. The standard InChI is InChI=1S/C15H26ClN3O/c1-10(2)17-9-15(6-7-20-12(15)4)8-13-11(3)18-19(5)14(13)16/h10,12,17H,6-9H2,1-5H3. The molecule has 2 unspecified atom stereocenters. The van der Waals surface area contributed by atoms with Gasteiger partial charge in [0.1, 0.15) is 5.15 Å². The first-order chi connectivity index (χ1) is 9.35. The van der Waals surface area contributed by atoms with Crippen LogP contribution in [0.2, 0.25) is 5.15 Å². The van der Waals surface area contributed by atoms with Gasteiger partial charge in [-0.2, -0.15) is 5.10 Å². The van der Waals surface area contributed by atoms with Crippen molar-refractivity contribution in [2.75, 3.05) is 13.2 Å². The molecule has 0 spiro atoms. The van der Waals surface area contributed by atoms with Crippen molar-refractivity contribution in [3.05, 3.63) is 16.4 Å². The topological polar surface area (TPSA) is 39.1 Å². The van der Waals surface area contributed by atoms with Gasteiger partial charge in [-0.05, 0) is 26.7 Å². The molecule has 114 valence electrons. The highest BCUT2D eigenvalue weighted by Crippen LogP contribution is 2.40. The van der Waals surface area contributed by atoms with Gasteiger partial charge in [0.25, 0.3) is 0 Å². The van der Waals surface area contributed by atoms with E-state index in [9.17, 15) is 0 Å². The summed E-state index contributed by atoms with van der Waals surface area (Å²) in [6.07, 6.45) is 2.23. The summed E-state index contributed by atoms with van der Waals surface area (Å²) >= 11 is 6.40. The molecule has 1 aromatic rings. The number of rotatable bonds is 5. The van der Waals surface area contributed by atoms with Crippen molar-refractivity contribution < 1.29 is 4.74 Å². The van der Waals surface area contributed by atoms with Gasteiger partial charge in [0, 0.05) is 37.2 Å². The van der Waals surface area contributed by atoms with E-state index in [-0.39, 0.29) is 11.5 Å². The van der Waals surface area contributed by atoms with Crippen LogP contribution in [0.25, 0.3) is 0 Å². The van der Waals surface area contributed by atoms with Crippen LogP contribution in [0.5, 0.6) is 0 Å². The summed E-state index contributed by atoms with van der Waals surface area (Å²) in [4.78, 5) is 0. The normalized spacial score (nSPS) is 26.6. The second kappa shape index (κ2) is 6.04. The third-order valence-corrected chi connectivity index (χ3v) is 4.96. The maximum Gasteiger partial charge on any atom is 0.130 e. The Labute approximate surface area is 126 Å². The van der Waals surface area contributed by atoms with Crippen molar-refractivity contribution in [2.45, 2.75) is 52.7 Å². The van der Waals surface area contributed by atoms with Crippen LogP contribution in [0, 0.1) is 12.3 Å². The first kappa shape index (κ1) is 15.8. The molecule has 0 radical (unpaired) electrons. The van der Waals surface area contributed by atoms with Crippen molar-refractivity contribution in [1.29, 1.82) is 0 Å². The molecule has 4 nitrogen and oxygen atoms in total. The van der Waals surface area contributed by atoms with Gasteiger partial charge in [0.15, 0.2) is 0 Å². The molecule has 1 saturated heterocycles. The highest BCUT2D eigenvalue weighted by atomic mass is 35.5. The van der Waals surface area contributed by atoms with Crippen LogP contribution in [-0.2, 0) is 18.2 Å². The molecule has 1 aliphatic rings. The fourth-order valence-electron chi connectivity index (χ4n) is 2.98. The molecule has 1 fully saturated rings. The lowest BCUT2D eigenvalue weighted by Gasteiger charge is -2.33. The summed E-state index contributed by atoms with van der Waals surface area (Å²) in [6, 6.07) is 0.477. The van der Waals surface area contributed by atoms with Crippen LogP contribution in [-0.4, -0.2) is 35.1 Å². The van der Waals surface area contributed by atoms with E-state index in [0.29, 0.717) is 6.04 Å². The van der Waals surface area contributed by atoms with Crippen molar-refractivity contribution >= 4 is 11.6 Å². The van der Waals surface area contributed by atoms with Crippen LogP contribution in [0.1, 0.15) is 38.4 Å². The molecule has 5 heteroatoms.